The lowest BCUT2D eigenvalue weighted by Gasteiger charge is -2.30. The number of carbonyl (C=O) groups is 1. The van der Waals surface area contributed by atoms with Crippen molar-refractivity contribution in [1.29, 1.82) is 0 Å². The molecule has 0 unspecified atom stereocenters. The minimum atomic E-state index is -3.68. The van der Waals surface area contributed by atoms with Crippen LogP contribution in [0.15, 0.2) is 18.2 Å². The van der Waals surface area contributed by atoms with Gasteiger partial charge >= 0.3 is 0 Å². The number of methoxy groups -OCH3 is 1. The van der Waals surface area contributed by atoms with E-state index < -0.39 is 16.1 Å². The zero-order valence-electron chi connectivity index (χ0n) is 14.8. The summed E-state index contributed by atoms with van der Waals surface area (Å²) in [6.45, 7) is 7.38. The van der Waals surface area contributed by atoms with Crippen molar-refractivity contribution in [1.82, 2.24) is 5.32 Å². The van der Waals surface area contributed by atoms with Gasteiger partial charge in [0.2, 0.25) is 15.9 Å². The van der Waals surface area contributed by atoms with Crippen LogP contribution in [-0.4, -0.2) is 39.8 Å². The Morgan fingerprint density at radius 3 is 2.25 bits per heavy atom. The Morgan fingerprint density at radius 1 is 1.25 bits per heavy atom. The molecule has 0 radical (unpaired) electrons. The third-order valence-corrected chi connectivity index (χ3v) is 5.39. The van der Waals surface area contributed by atoms with Gasteiger partial charge in [0.05, 0.1) is 24.1 Å². The van der Waals surface area contributed by atoms with Gasteiger partial charge in [-0.1, -0.05) is 25.4 Å². The fourth-order valence-electron chi connectivity index (χ4n) is 2.11. The minimum absolute atomic E-state index is 0.0687. The van der Waals surface area contributed by atoms with Crippen LogP contribution in [0.4, 0.5) is 5.69 Å². The maximum Gasteiger partial charge on any atom is 0.243 e. The molecule has 8 heteroatoms. The molecule has 0 heterocycles. The maximum atomic E-state index is 12.5. The Kier molecular flexibility index (Phi) is 6.92. The number of benzene rings is 1. The van der Waals surface area contributed by atoms with Gasteiger partial charge in [-0.3, -0.25) is 9.10 Å². The van der Waals surface area contributed by atoms with Gasteiger partial charge in [0, 0.05) is 6.04 Å². The molecule has 0 aliphatic heterocycles. The summed E-state index contributed by atoms with van der Waals surface area (Å²) in [5.74, 6) is 0.302. The van der Waals surface area contributed by atoms with Crippen molar-refractivity contribution < 1.29 is 17.9 Å². The first kappa shape index (κ1) is 20.6. The van der Waals surface area contributed by atoms with E-state index in [1.165, 1.54) is 13.2 Å². The van der Waals surface area contributed by atoms with Gasteiger partial charge in [-0.15, -0.1) is 0 Å². The molecule has 1 rings (SSSR count). The second-order valence-electron chi connectivity index (χ2n) is 6.09. The zero-order chi connectivity index (χ0) is 18.7. The largest absolute Gasteiger partial charge is 0.495 e. The highest BCUT2D eigenvalue weighted by atomic mass is 35.5. The average Bonchev–Trinajstić information content (AvgIpc) is 2.45. The van der Waals surface area contributed by atoms with Crippen LogP contribution in [-0.2, 0) is 14.8 Å². The average molecular weight is 377 g/mol. The van der Waals surface area contributed by atoms with Gasteiger partial charge in [0.15, 0.2) is 0 Å². The lowest BCUT2D eigenvalue weighted by atomic mass is 10.1. The molecule has 1 aromatic rings. The lowest BCUT2D eigenvalue weighted by molar-refractivity contribution is -0.122. The van der Waals surface area contributed by atoms with Crippen molar-refractivity contribution in [3.05, 3.63) is 23.2 Å². The van der Waals surface area contributed by atoms with Crippen LogP contribution in [0, 0.1) is 5.92 Å². The highest BCUT2D eigenvalue weighted by molar-refractivity contribution is 7.92. The van der Waals surface area contributed by atoms with Gasteiger partial charge in [-0.2, -0.15) is 0 Å². The molecule has 6 nitrogen and oxygen atoms in total. The van der Waals surface area contributed by atoms with Gasteiger partial charge < -0.3 is 10.1 Å². The van der Waals surface area contributed by atoms with Gasteiger partial charge in [0.1, 0.15) is 11.8 Å². The Labute approximate surface area is 149 Å². The topological polar surface area (TPSA) is 75.7 Å². The molecule has 0 spiro atoms. The molecule has 1 N–H and O–H groups in total. The molecule has 136 valence electrons. The number of nitrogens with zero attached hydrogens (tertiary/aromatic N) is 1. The summed E-state index contributed by atoms with van der Waals surface area (Å²) in [4.78, 5) is 12.5. The van der Waals surface area contributed by atoms with Crippen molar-refractivity contribution in [2.24, 2.45) is 5.92 Å². The Hall–Kier alpha value is -1.47. The molecule has 24 heavy (non-hydrogen) atoms. The molecule has 0 bridgehead atoms. The van der Waals surface area contributed by atoms with E-state index in [1.807, 2.05) is 20.8 Å². The molecular weight excluding hydrogens is 352 g/mol. The fourth-order valence-corrected chi connectivity index (χ4v) is 3.53. The van der Waals surface area contributed by atoms with Gasteiger partial charge in [-0.05, 0) is 38.0 Å². The first-order valence-corrected chi connectivity index (χ1v) is 9.85. The number of sulfonamides is 1. The van der Waals surface area contributed by atoms with E-state index in [0.717, 1.165) is 10.6 Å². The molecule has 1 aromatic carbocycles. The van der Waals surface area contributed by atoms with E-state index in [2.05, 4.69) is 5.32 Å². The SMILES string of the molecule is COc1ccc(N([C@@H](C)C(=O)N[C@H](C)C(C)C)S(C)(=O)=O)cc1Cl. The monoisotopic (exact) mass is 376 g/mol. The third kappa shape index (κ3) is 5.01. The van der Waals surface area contributed by atoms with Crippen LogP contribution < -0.4 is 14.4 Å². The second-order valence-corrected chi connectivity index (χ2v) is 8.36. The Balaban J connectivity index is 3.19. The summed E-state index contributed by atoms with van der Waals surface area (Å²) < 4.78 is 30.6. The van der Waals surface area contributed by atoms with Crippen molar-refractivity contribution in [2.75, 3.05) is 17.7 Å². The summed E-state index contributed by atoms with van der Waals surface area (Å²) in [6.07, 6.45) is 1.06. The highest BCUT2D eigenvalue weighted by Gasteiger charge is 2.30. The summed E-state index contributed by atoms with van der Waals surface area (Å²) in [7, 11) is -2.21. The standard InChI is InChI=1S/C16H25ClN2O4S/c1-10(2)11(3)18-16(20)12(4)19(24(6,21)22)13-7-8-15(23-5)14(17)9-13/h7-12H,1-6H3,(H,18,20)/t11-,12+/m1/s1. The summed E-state index contributed by atoms with van der Waals surface area (Å²) in [5, 5.41) is 3.11. The number of halogens is 1. The number of nitrogens with one attached hydrogen (secondary N) is 1. The van der Waals surface area contributed by atoms with E-state index in [4.69, 9.17) is 16.3 Å². The van der Waals surface area contributed by atoms with E-state index in [-0.39, 0.29) is 22.9 Å². The van der Waals surface area contributed by atoms with Crippen molar-refractivity contribution in [3.63, 3.8) is 0 Å². The number of hydrogen-bond donors (Lipinski definition) is 1. The van der Waals surface area contributed by atoms with Crippen LogP contribution >= 0.6 is 11.6 Å². The van der Waals surface area contributed by atoms with Crippen LogP contribution in [0.25, 0.3) is 0 Å². The molecule has 1 amide bonds. The lowest BCUT2D eigenvalue weighted by Crippen LogP contribution is -2.50. The minimum Gasteiger partial charge on any atom is -0.495 e. The summed E-state index contributed by atoms with van der Waals surface area (Å²) in [6, 6.07) is 3.61. The van der Waals surface area contributed by atoms with Crippen LogP contribution in [0.3, 0.4) is 0 Å². The fraction of sp³-hybridized carbons (Fsp3) is 0.562. The number of rotatable bonds is 7. The molecule has 0 saturated carbocycles. The number of carbonyl (C=O) groups excluding carboxylic acids is 1. The van der Waals surface area contributed by atoms with E-state index in [9.17, 15) is 13.2 Å². The van der Waals surface area contributed by atoms with Gasteiger partial charge in [0.25, 0.3) is 0 Å². The smallest absolute Gasteiger partial charge is 0.243 e. The van der Waals surface area contributed by atoms with E-state index >= 15 is 0 Å². The van der Waals surface area contributed by atoms with Crippen LogP contribution in [0.1, 0.15) is 27.7 Å². The third-order valence-electron chi connectivity index (χ3n) is 3.85. The van der Waals surface area contributed by atoms with E-state index in [1.54, 1.807) is 19.1 Å². The quantitative estimate of drug-likeness (QED) is 0.793. The molecular formula is C16H25ClN2O4S. The molecule has 0 saturated heterocycles. The predicted molar refractivity (Wildman–Crippen MR) is 97.2 cm³/mol. The molecule has 0 fully saturated rings. The molecule has 2 atom stereocenters. The predicted octanol–water partition coefficient (Wildman–Crippen LogP) is 2.66. The maximum absolute atomic E-state index is 12.5. The van der Waals surface area contributed by atoms with Gasteiger partial charge in [-0.25, -0.2) is 8.42 Å². The molecule has 0 aliphatic carbocycles. The van der Waals surface area contributed by atoms with Crippen molar-refractivity contribution in [3.8, 4) is 5.75 Å². The zero-order valence-corrected chi connectivity index (χ0v) is 16.4. The van der Waals surface area contributed by atoms with Crippen LogP contribution in [0.5, 0.6) is 5.75 Å². The molecule has 0 aliphatic rings. The summed E-state index contributed by atoms with van der Waals surface area (Å²) >= 11 is 6.09. The highest BCUT2D eigenvalue weighted by Crippen LogP contribution is 2.31. The first-order chi connectivity index (χ1) is 11.0. The van der Waals surface area contributed by atoms with E-state index in [0.29, 0.717) is 11.4 Å². The number of hydrogen-bond acceptors (Lipinski definition) is 4. The van der Waals surface area contributed by atoms with Crippen molar-refractivity contribution in [2.45, 2.75) is 39.8 Å². The summed E-state index contributed by atoms with van der Waals surface area (Å²) in [5.41, 5.74) is 0.308. The number of ether oxygens (including phenoxy) is 1. The Morgan fingerprint density at radius 2 is 1.83 bits per heavy atom. The first-order valence-electron chi connectivity index (χ1n) is 7.62. The number of amides is 1. The second kappa shape index (κ2) is 8.07. The van der Waals surface area contributed by atoms with Crippen LogP contribution in [0.2, 0.25) is 5.02 Å². The Bertz CT molecular complexity index is 691. The number of anilines is 1. The molecule has 0 aromatic heterocycles. The normalized spacial score (nSPS) is 14.2. The van der Waals surface area contributed by atoms with Crippen molar-refractivity contribution >= 4 is 33.2 Å².